The van der Waals surface area contributed by atoms with Crippen LogP contribution in [0.5, 0.6) is 5.75 Å². The van der Waals surface area contributed by atoms with Gasteiger partial charge in [-0.15, -0.1) is 10.2 Å². The Morgan fingerprint density at radius 3 is 2.69 bits per heavy atom. The number of pyridine rings is 1. The van der Waals surface area contributed by atoms with Crippen molar-refractivity contribution in [3.05, 3.63) is 72.2 Å². The molecule has 0 atom stereocenters. The lowest BCUT2D eigenvalue weighted by Gasteiger charge is -2.08. The molecule has 0 saturated carbocycles. The average molecular weight is 345 g/mol. The maximum absolute atomic E-state index is 5.38. The molecule has 0 aliphatic carbocycles. The highest BCUT2D eigenvalue weighted by Gasteiger charge is 2.07. The number of nitrogens with one attached hydrogen (secondary N) is 1. The Kier molecular flexibility index (Phi) is 4.23. The number of methoxy groups -OCH3 is 1. The van der Waals surface area contributed by atoms with Crippen molar-refractivity contribution >= 4 is 11.5 Å². The molecule has 0 aliphatic rings. The first-order valence-electron chi connectivity index (χ1n) is 8.38. The van der Waals surface area contributed by atoms with Gasteiger partial charge in [0.15, 0.2) is 0 Å². The van der Waals surface area contributed by atoms with Crippen molar-refractivity contribution in [2.45, 2.75) is 13.5 Å². The number of ether oxygens (including phenoxy) is 1. The quantitative estimate of drug-likeness (QED) is 0.597. The summed E-state index contributed by atoms with van der Waals surface area (Å²) in [5.41, 5.74) is 4.78. The summed E-state index contributed by atoms with van der Waals surface area (Å²) in [6.45, 7) is 2.65. The molecule has 0 unspecified atom stereocenters. The minimum atomic E-state index is 0.587. The summed E-state index contributed by atoms with van der Waals surface area (Å²) < 4.78 is 7.41. The molecule has 6 heteroatoms. The molecule has 0 bridgehead atoms. The number of imidazole rings is 1. The fourth-order valence-corrected chi connectivity index (χ4v) is 2.85. The normalized spacial score (nSPS) is 10.8. The number of fused-ring (bicyclic) bond motifs is 1. The van der Waals surface area contributed by atoms with Crippen LogP contribution >= 0.6 is 0 Å². The van der Waals surface area contributed by atoms with Gasteiger partial charge >= 0.3 is 0 Å². The monoisotopic (exact) mass is 345 g/mol. The number of nitrogens with zero attached hydrogens (tertiary/aromatic N) is 4. The third kappa shape index (κ3) is 3.21. The van der Waals surface area contributed by atoms with Crippen LogP contribution in [0.25, 0.3) is 16.9 Å². The highest BCUT2D eigenvalue weighted by atomic mass is 16.5. The molecule has 4 aromatic rings. The van der Waals surface area contributed by atoms with Crippen molar-refractivity contribution in [1.82, 2.24) is 19.6 Å². The number of rotatable bonds is 5. The van der Waals surface area contributed by atoms with E-state index >= 15 is 0 Å². The zero-order valence-electron chi connectivity index (χ0n) is 14.7. The standard InChI is InChI=1S/C20H19N5O/c1-14-7-10-20-22-15(13-25(20)12-14)11-21-19-9-8-17(23-24-19)16-5-3-4-6-18(16)26-2/h3-10,12-13H,11H2,1-2H3,(H,21,24). The van der Waals surface area contributed by atoms with Crippen LogP contribution in [0, 0.1) is 6.92 Å². The zero-order chi connectivity index (χ0) is 17.9. The smallest absolute Gasteiger partial charge is 0.149 e. The van der Waals surface area contributed by atoms with Crippen LogP contribution in [0.2, 0.25) is 0 Å². The average Bonchev–Trinajstić information content (AvgIpc) is 3.09. The Bertz CT molecular complexity index is 1040. The highest BCUT2D eigenvalue weighted by molar-refractivity contribution is 5.67. The lowest BCUT2D eigenvalue weighted by atomic mass is 10.1. The van der Waals surface area contributed by atoms with Crippen molar-refractivity contribution in [3.8, 4) is 17.0 Å². The van der Waals surface area contributed by atoms with Gasteiger partial charge in [0.1, 0.15) is 17.2 Å². The summed E-state index contributed by atoms with van der Waals surface area (Å²) in [4.78, 5) is 4.59. The second-order valence-electron chi connectivity index (χ2n) is 6.06. The van der Waals surface area contributed by atoms with Crippen molar-refractivity contribution < 1.29 is 4.74 Å². The lowest BCUT2D eigenvalue weighted by Crippen LogP contribution is -2.03. The summed E-state index contributed by atoms with van der Waals surface area (Å²) >= 11 is 0. The molecular formula is C20H19N5O. The lowest BCUT2D eigenvalue weighted by molar-refractivity contribution is 0.416. The minimum Gasteiger partial charge on any atom is -0.496 e. The maximum atomic E-state index is 5.38. The van der Waals surface area contributed by atoms with Crippen molar-refractivity contribution in [3.63, 3.8) is 0 Å². The SMILES string of the molecule is COc1ccccc1-c1ccc(NCc2cn3cc(C)ccc3n2)nn1. The van der Waals surface area contributed by atoms with Crippen LogP contribution in [-0.4, -0.2) is 26.7 Å². The fraction of sp³-hybridized carbons (Fsp3) is 0.150. The number of aromatic nitrogens is 4. The summed E-state index contributed by atoms with van der Waals surface area (Å²) in [6.07, 6.45) is 4.08. The molecule has 6 nitrogen and oxygen atoms in total. The Morgan fingerprint density at radius 2 is 1.88 bits per heavy atom. The van der Waals surface area contributed by atoms with E-state index in [2.05, 4.69) is 39.7 Å². The Labute approximate surface area is 151 Å². The summed E-state index contributed by atoms with van der Waals surface area (Å²) in [5.74, 6) is 1.49. The topological polar surface area (TPSA) is 64.3 Å². The van der Waals surface area contributed by atoms with E-state index in [9.17, 15) is 0 Å². The molecule has 130 valence electrons. The third-order valence-corrected chi connectivity index (χ3v) is 4.15. The molecule has 0 fully saturated rings. The van der Waals surface area contributed by atoms with E-state index in [1.165, 1.54) is 5.56 Å². The molecule has 0 saturated heterocycles. The van der Waals surface area contributed by atoms with Gasteiger partial charge in [0.25, 0.3) is 0 Å². The van der Waals surface area contributed by atoms with Gasteiger partial charge in [-0.3, -0.25) is 0 Å². The van der Waals surface area contributed by atoms with E-state index in [1.54, 1.807) is 7.11 Å². The summed E-state index contributed by atoms with van der Waals surface area (Å²) in [7, 11) is 1.65. The van der Waals surface area contributed by atoms with Crippen LogP contribution in [0.4, 0.5) is 5.82 Å². The highest BCUT2D eigenvalue weighted by Crippen LogP contribution is 2.27. The second-order valence-corrected chi connectivity index (χ2v) is 6.06. The molecule has 1 N–H and O–H groups in total. The fourth-order valence-electron chi connectivity index (χ4n) is 2.85. The first-order valence-corrected chi connectivity index (χ1v) is 8.38. The molecule has 0 radical (unpaired) electrons. The van der Waals surface area contributed by atoms with Gasteiger partial charge in [-0.25, -0.2) is 4.98 Å². The van der Waals surface area contributed by atoms with Gasteiger partial charge in [0, 0.05) is 18.0 Å². The number of anilines is 1. The van der Waals surface area contributed by atoms with Gasteiger partial charge in [0.05, 0.1) is 25.0 Å². The van der Waals surface area contributed by atoms with Crippen molar-refractivity contribution in [2.75, 3.05) is 12.4 Å². The predicted octanol–water partition coefficient (Wildman–Crippen LogP) is 3.72. The van der Waals surface area contributed by atoms with Gasteiger partial charge in [-0.2, -0.15) is 0 Å². The van der Waals surface area contributed by atoms with Crippen LogP contribution in [0.1, 0.15) is 11.3 Å². The molecule has 0 aliphatic heterocycles. The molecule has 3 aromatic heterocycles. The number of para-hydroxylation sites is 1. The van der Waals surface area contributed by atoms with E-state index in [0.29, 0.717) is 12.4 Å². The third-order valence-electron chi connectivity index (χ3n) is 4.15. The van der Waals surface area contributed by atoms with Gasteiger partial charge in [-0.05, 0) is 42.8 Å². The van der Waals surface area contributed by atoms with Crippen LogP contribution in [0.3, 0.4) is 0 Å². The number of benzene rings is 1. The number of hydrogen-bond acceptors (Lipinski definition) is 5. The van der Waals surface area contributed by atoms with Crippen LogP contribution < -0.4 is 10.1 Å². The van der Waals surface area contributed by atoms with Gasteiger partial charge in [-0.1, -0.05) is 18.2 Å². The van der Waals surface area contributed by atoms with E-state index in [1.807, 2.05) is 53.1 Å². The number of aryl methyl sites for hydroxylation is 1. The Hall–Kier alpha value is -3.41. The summed E-state index contributed by atoms with van der Waals surface area (Å²) in [5, 5.41) is 11.8. The zero-order valence-corrected chi connectivity index (χ0v) is 14.7. The molecule has 0 spiro atoms. The first-order chi connectivity index (χ1) is 12.7. The van der Waals surface area contributed by atoms with Crippen LogP contribution in [0.15, 0.2) is 60.9 Å². The molecule has 0 amide bonds. The van der Waals surface area contributed by atoms with E-state index in [0.717, 1.165) is 28.3 Å². The van der Waals surface area contributed by atoms with E-state index in [-0.39, 0.29) is 0 Å². The predicted molar refractivity (Wildman–Crippen MR) is 101 cm³/mol. The van der Waals surface area contributed by atoms with Crippen molar-refractivity contribution in [2.24, 2.45) is 0 Å². The Morgan fingerprint density at radius 1 is 1.00 bits per heavy atom. The minimum absolute atomic E-state index is 0.587. The van der Waals surface area contributed by atoms with Gasteiger partial charge in [0.2, 0.25) is 0 Å². The van der Waals surface area contributed by atoms with Gasteiger partial charge < -0.3 is 14.5 Å². The maximum Gasteiger partial charge on any atom is 0.149 e. The van der Waals surface area contributed by atoms with E-state index in [4.69, 9.17) is 4.74 Å². The largest absolute Gasteiger partial charge is 0.496 e. The van der Waals surface area contributed by atoms with Crippen molar-refractivity contribution in [1.29, 1.82) is 0 Å². The number of hydrogen-bond donors (Lipinski definition) is 1. The molecule has 3 heterocycles. The molecular weight excluding hydrogens is 326 g/mol. The van der Waals surface area contributed by atoms with E-state index < -0.39 is 0 Å². The molecule has 4 rings (SSSR count). The molecule has 26 heavy (non-hydrogen) atoms. The first kappa shape index (κ1) is 16.1. The summed E-state index contributed by atoms with van der Waals surface area (Å²) in [6, 6.07) is 15.7. The molecule has 1 aromatic carbocycles. The second kappa shape index (κ2) is 6.84. The van der Waals surface area contributed by atoms with Crippen LogP contribution in [-0.2, 0) is 6.54 Å². The Balaban J connectivity index is 1.48.